The van der Waals surface area contributed by atoms with Gasteiger partial charge in [-0.1, -0.05) is 60.7 Å². The average molecular weight is 617 g/mol. The van der Waals surface area contributed by atoms with E-state index in [1.807, 2.05) is 44.7 Å². The highest BCUT2D eigenvalue weighted by molar-refractivity contribution is 5.78. The van der Waals surface area contributed by atoms with Crippen molar-refractivity contribution in [2.45, 2.75) is 51.4 Å². The molecule has 3 heterocycles. The minimum atomic E-state index is -0.0856. The van der Waals surface area contributed by atoms with Crippen LogP contribution in [0.2, 0.25) is 0 Å². The lowest BCUT2D eigenvalue weighted by atomic mass is 9.81. The molecule has 242 valence electrons. The second kappa shape index (κ2) is 15.0. The van der Waals surface area contributed by atoms with Crippen LogP contribution in [0.5, 0.6) is 17.8 Å². The fraction of sp³-hybridized carbons (Fsp3) is 0.514. The predicted octanol–water partition coefficient (Wildman–Crippen LogP) is 3.76. The largest absolute Gasteiger partial charge is 0.481 e. The summed E-state index contributed by atoms with van der Waals surface area (Å²) in [7, 11) is 5.51. The van der Waals surface area contributed by atoms with Crippen molar-refractivity contribution in [3.63, 3.8) is 0 Å². The molecule has 3 aromatic rings. The van der Waals surface area contributed by atoms with E-state index in [2.05, 4.69) is 80.4 Å². The zero-order valence-corrected chi connectivity index (χ0v) is 27.6. The number of carbonyl (C=O) groups excluding carboxylic acids is 1. The minimum absolute atomic E-state index is 0.0856. The third kappa shape index (κ3) is 7.92. The van der Waals surface area contributed by atoms with E-state index in [0.717, 1.165) is 31.7 Å². The van der Waals surface area contributed by atoms with Crippen molar-refractivity contribution in [2.75, 3.05) is 67.1 Å². The van der Waals surface area contributed by atoms with Crippen molar-refractivity contribution in [3.8, 4) is 17.8 Å². The van der Waals surface area contributed by atoms with Crippen LogP contribution in [0, 0.1) is 0 Å². The molecule has 1 aromatic heterocycles. The van der Waals surface area contributed by atoms with Gasteiger partial charge in [0.2, 0.25) is 17.7 Å². The Morgan fingerprint density at radius 3 is 2.16 bits per heavy atom. The highest BCUT2D eigenvalue weighted by Gasteiger charge is 2.43. The molecule has 10 heteroatoms. The predicted molar refractivity (Wildman–Crippen MR) is 175 cm³/mol. The van der Waals surface area contributed by atoms with E-state index in [4.69, 9.17) is 14.2 Å². The van der Waals surface area contributed by atoms with Crippen molar-refractivity contribution in [1.29, 1.82) is 0 Å². The Kier molecular flexibility index (Phi) is 10.9. The van der Waals surface area contributed by atoms with Crippen LogP contribution in [0.15, 0.2) is 60.7 Å². The topological polar surface area (TPSA) is 83.5 Å². The van der Waals surface area contributed by atoms with Gasteiger partial charge in [-0.2, -0.15) is 9.97 Å². The van der Waals surface area contributed by atoms with Crippen LogP contribution >= 0.6 is 0 Å². The van der Waals surface area contributed by atoms with Crippen LogP contribution in [0.4, 0.5) is 0 Å². The molecule has 2 fully saturated rings. The number of methoxy groups -OCH3 is 1. The zero-order chi connectivity index (χ0) is 31.9. The van der Waals surface area contributed by atoms with E-state index in [9.17, 15) is 4.79 Å². The molecule has 2 aliphatic heterocycles. The molecule has 0 radical (unpaired) electrons. The quantitative estimate of drug-likeness (QED) is 0.302. The molecule has 0 N–H and O–H groups in total. The lowest BCUT2D eigenvalue weighted by Gasteiger charge is -2.53. The summed E-state index contributed by atoms with van der Waals surface area (Å²) in [5, 5.41) is 0. The number of rotatable bonds is 12. The Hall–Kier alpha value is -3.73. The second-order valence-corrected chi connectivity index (χ2v) is 12.4. The Bertz CT molecular complexity index is 1350. The number of carbonyl (C=O) groups is 1. The molecular formula is C35H48N6O4. The number of likely N-dealkylation sites (N-methyl/N-ethyl adjacent to an activating group) is 1. The highest BCUT2D eigenvalue weighted by atomic mass is 16.5. The van der Waals surface area contributed by atoms with Crippen LogP contribution in [0.1, 0.15) is 43.4 Å². The normalized spacial score (nSPS) is 19.2. The number of benzene rings is 2. The van der Waals surface area contributed by atoms with Crippen molar-refractivity contribution < 1.29 is 19.0 Å². The Balaban J connectivity index is 1.53. The molecule has 0 unspecified atom stereocenters. The number of aromatic nitrogens is 2. The van der Waals surface area contributed by atoms with E-state index in [1.54, 1.807) is 7.11 Å². The summed E-state index contributed by atoms with van der Waals surface area (Å²) in [5.74, 6) is 1.25. The SMILES string of the molecule is CCOc1nc(OC)c(CN2C[C@@H]3CN(C(=O)CN(C)C)CCN3[C@H](C(c3ccccc3)c3ccccc3)C2)c(OC(C)C)n1. The van der Waals surface area contributed by atoms with Crippen molar-refractivity contribution in [1.82, 2.24) is 29.6 Å². The van der Waals surface area contributed by atoms with Gasteiger partial charge in [0.25, 0.3) is 0 Å². The number of amides is 1. The molecule has 2 saturated heterocycles. The Morgan fingerprint density at radius 2 is 1.58 bits per heavy atom. The molecule has 10 nitrogen and oxygen atoms in total. The van der Waals surface area contributed by atoms with E-state index >= 15 is 0 Å². The third-order valence-corrected chi connectivity index (χ3v) is 8.48. The monoisotopic (exact) mass is 616 g/mol. The second-order valence-electron chi connectivity index (χ2n) is 12.4. The van der Waals surface area contributed by atoms with E-state index < -0.39 is 0 Å². The summed E-state index contributed by atoms with van der Waals surface area (Å²) in [6.07, 6.45) is -0.0856. The maximum Gasteiger partial charge on any atom is 0.323 e. The van der Waals surface area contributed by atoms with Gasteiger partial charge >= 0.3 is 6.01 Å². The van der Waals surface area contributed by atoms with Gasteiger partial charge in [-0.05, 0) is 46.0 Å². The van der Waals surface area contributed by atoms with Gasteiger partial charge in [0.15, 0.2) is 0 Å². The molecule has 5 rings (SSSR count). The Labute approximate surface area is 267 Å². The van der Waals surface area contributed by atoms with Crippen molar-refractivity contribution >= 4 is 5.91 Å². The summed E-state index contributed by atoms with van der Waals surface area (Å²) >= 11 is 0. The molecule has 2 atom stereocenters. The van der Waals surface area contributed by atoms with Gasteiger partial charge in [-0.3, -0.25) is 14.6 Å². The van der Waals surface area contributed by atoms with Crippen molar-refractivity contribution in [2.24, 2.45) is 0 Å². The van der Waals surface area contributed by atoms with Crippen LogP contribution < -0.4 is 14.2 Å². The van der Waals surface area contributed by atoms with Crippen LogP contribution in [-0.4, -0.2) is 121 Å². The average Bonchev–Trinajstić information content (AvgIpc) is 3.02. The summed E-state index contributed by atoms with van der Waals surface area (Å²) in [4.78, 5) is 31.5. The van der Waals surface area contributed by atoms with E-state index in [1.165, 1.54) is 11.1 Å². The molecule has 0 spiro atoms. The summed E-state index contributed by atoms with van der Waals surface area (Å²) in [6.45, 7) is 11.1. The summed E-state index contributed by atoms with van der Waals surface area (Å²) < 4.78 is 17.7. The first-order valence-electron chi connectivity index (χ1n) is 16.0. The van der Waals surface area contributed by atoms with E-state index in [-0.39, 0.29) is 36.0 Å². The first-order chi connectivity index (χ1) is 21.8. The van der Waals surface area contributed by atoms with Gasteiger partial charge in [-0.25, -0.2) is 0 Å². The molecule has 1 amide bonds. The molecule has 0 bridgehead atoms. The zero-order valence-electron chi connectivity index (χ0n) is 27.6. The minimum Gasteiger partial charge on any atom is -0.481 e. The lowest BCUT2D eigenvalue weighted by molar-refractivity contribution is -0.137. The first kappa shape index (κ1) is 32.7. The Morgan fingerprint density at radius 1 is 0.933 bits per heavy atom. The molecular weight excluding hydrogens is 568 g/mol. The maximum absolute atomic E-state index is 13.2. The highest BCUT2D eigenvalue weighted by Crippen LogP contribution is 2.37. The molecule has 0 saturated carbocycles. The number of ether oxygens (including phenoxy) is 3. The van der Waals surface area contributed by atoms with Gasteiger partial charge in [-0.15, -0.1) is 0 Å². The molecule has 2 aromatic carbocycles. The van der Waals surface area contributed by atoms with Gasteiger partial charge in [0.05, 0.1) is 31.9 Å². The smallest absolute Gasteiger partial charge is 0.323 e. The van der Waals surface area contributed by atoms with Gasteiger partial charge < -0.3 is 24.0 Å². The van der Waals surface area contributed by atoms with E-state index in [0.29, 0.717) is 38.0 Å². The standard InChI is InChI=1S/C35H48N6O4/c1-7-44-35-36-33(43-6)29(34(37-35)45-25(2)3)22-39-20-28-21-40(31(42)24-38(4)5)18-19-41(28)30(23-39)32(26-14-10-8-11-15-26)27-16-12-9-13-17-27/h8-17,25,28,30,32H,7,18-24H2,1-6H3/t28-,30+/m1/s1. The van der Waals surface area contributed by atoms with Crippen LogP contribution in [-0.2, 0) is 11.3 Å². The lowest BCUT2D eigenvalue weighted by Crippen LogP contribution is -2.67. The van der Waals surface area contributed by atoms with Crippen LogP contribution in [0.3, 0.4) is 0 Å². The fourth-order valence-electron chi connectivity index (χ4n) is 6.66. The fourth-order valence-corrected chi connectivity index (χ4v) is 6.66. The molecule has 45 heavy (non-hydrogen) atoms. The summed E-state index contributed by atoms with van der Waals surface area (Å²) in [5.41, 5.74) is 3.37. The molecule has 2 aliphatic rings. The number of nitrogens with zero attached hydrogens (tertiary/aromatic N) is 6. The van der Waals surface area contributed by atoms with Crippen molar-refractivity contribution in [3.05, 3.63) is 77.4 Å². The van der Waals surface area contributed by atoms with Gasteiger partial charge in [0.1, 0.15) is 0 Å². The van der Waals surface area contributed by atoms with Gasteiger partial charge in [0, 0.05) is 57.3 Å². The van der Waals surface area contributed by atoms with Crippen LogP contribution in [0.25, 0.3) is 0 Å². The summed E-state index contributed by atoms with van der Waals surface area (Å²) in [6, 6.07) is 22.2. The number of hydrogen-bond donors (Lipinski definition) is 0. The number of hydrogen-bond acceptors (Lipinski definition) is 9. The number of fused-ring (bicyclic) bond motifs is 1. The maximum atomic E-state index is 13.2. The molecule has 0 aliphatic carbocycles. The first-order valence-corrected chi connectivity index (χ1v) is 16.0. The number of piperazine rings is 2. The third-order valence-electron chi connectivity index (χ3n) is 8.48.